The number of hydrogen-bond acceptors (Lipinski definition) is 4. The fourth-order valence-corrected chi connectivity index (χ4v) is 3.23. The Bertz CT molecular complexity index is 408. The van der Waals surface area contributed by atoms with Gasteiger partial charge in [0.1, 0.15) is 5.01 Å². The van der Waals surface area contributed by atoms with Gasteiger partial charge < -0.3 is 5.73 Å². The minimum Gasteiger partial charge on any atom is -0.325 e. The minimum atomic E-state index is 0.517. The number of nitrogens with zero attached hydrogens (tertiary/aromatic N) is 1. The Morgan fingerprint density at radius 1 is 1.46 bits per heavy atom. The maximum absolute atomic E-state index is 5.48. The smallest absolute Gasteiger partial charge is 0.133 e. The van der Waals surface area contributed by atoms with Crippen molar-refractivity contribution in [2.24, 2.45) is 5.73 Å². The molecule has 2 heterocycles. The molecule has 0 aliphatic carbocycles. The molecule has 0 saturated heterocycles. The summed E-state index contributed by atoms with van der Waals surface area (Å²) in [5, 5.41) is 3.05. The Labute approximate surface area is 92.6 Å². The van der Waals surface area contributed by atoms with Gasteiger partial charge in [0.15, 0.2) is 0 Å². The lowest BCUT2D eigenvalue weighted by Crippen LogP contribution is -1.95. The number of hydrogen-bond donors (Lipinski definition) is 1. The molecule has 0 radical (unpaired) electrons. The van der Waals surface area contributed by atoms with Crippen molar-refractivity contribution in [2.75, 3.05) is 0 Å². The molecule has 0 aromatic carbocycles. The van der Waals surface area contributed by atoms with E-state index >= 15 is 0 Å². The molecule has 2 nitrogen and oxygen atoms in total. The average molecular weight is 275 g/mol. The van der Waals surface area contributed by atoms with Crippen molar-refractivity contribution in [2.45, 2.75) is 6.54 Å². The topological polar surface area (TPSA) is 38.9 Å². The van der Waals surface area contributed by atoms with Crippen LogP contribution in [0.2, 0.25) is 0 Å². The van der Waals surface area contributed by atoms with Gasteiger partial charge in [-0.1, -0.05) is 0 Å². The lowest BCUT2D eigenvalue weighted by atomic mass is 10.4. The molecule has 2 rings (SSSR count). The molecule has 68 valence electrons. The van der Waals surface area contributed by atoms with Crippen molar-refractivity contribution in [1.82, 2.24) is 4.98 Å². The van der Waals surface area contributed by atoms with Gasteiger partial charge in [-0.15, -0.1) is 22.7 Å². The third kappa shape index (κ3) is 1.99. The molecule has 0 amide bonds. The zero-order valence-corrected chi connectivity index (χ0v) is 9.88. The van der Waals surface area contributed by atoms with Gasteiger partial charge in [-0.05, 0) is 28.1 Å². The van der Waals surface area contributed by atoms with Crippen molar-refractivity contribution >= 4 is 38.6 Å². The lowest BCUT2D eigenvalue weighted by Gasteiger charge is -1.87. The molecule has 0 atom stereocenters. The quantitative estimate of drug-likeness (QED) is 0.914. The van der Waals surface area contributed by atoms with E-state index in [1.54, 1.807) is 22.7 Å². The molecular weight excluding hydrogens is 268 g/mol. The Morgan fingerprint density at radius 2 is 2.31 bits per heavy atom. The van der Waals surface area contributed by atoms with Gasteiger partial charge in [-0.25, -0.2) is 4.98 Å². The van der Waals surface area contributed by atoms with E-state index in [0.29, 0.717) is 6.54 Å². The van der Waals surface area contributed by atoms with Gasteiger partial charge in [0.05, 0.1) is 14.4 Å². The van der Waals surface area contributed by atoms with Crippen LogP contribution in [0, 0.1) is 0 Å². The van der Waals surface area contributed by atoms with Gasteiger partial charge in [-0.2, -0.15) is 0 Å². The van der Waals surface area contributed by atoms with E-state index in [2.05, 4.69) is 27.0 Å². The second-order valence-corrected chi connectivity index (χ2v) is 5.77. The van der Waals surface area contributed by atoms with Crippen molar-refractivity contribution in [3.05, 3.63) is 27.0 Å². The molecule has 0 saturated carbocycles. The summed E-state index contributed by atoms with van der Waals surface area (Å²) in [5.74, 6) is 0. The molecule has 2 aromatic rings. The first kappa shape index (κ1) is 9.33. The standard InChI is InChI=1S/C8H7BrN2S2/c9-7-2-1-6(13-7)8-11-5(3-10)4-12-8/h1-2,4H,3,10H2. The summed E-state index contributed by atoms with van der Waals surface area (Å²) in [6, 6.07) is 4.09. The van der Waals surface area contributed by atoms with Crippen LogP contribution in [-0.4, -0.2) is 4.98 Å². The fraction of sp³-hybridized carbons (Fsp3) is 0.125. The Balaban J connectivity index is 2.35. The van der Waals surface area contributed by atoms with Crippen LogP contribution >= 0.6 is 38.6 Å². The fourth-order valence-electron chi connectivity index (χ4n) is 0.943. The van der Waals surface area contributed by atoms with Gasteiger partial charge >= 0.3 is 0 Å². The highest BCUT2D eigenvalue weighted by Gasteiger charge is 2.05. The van der Waals surface area contributed by atoms with Crippen LogP contribution < -0.4 is 5.73 Å². The number of halogens is 1. The first-order valence-corrected chi connectivity index (χ1v) is 6.18. The van der Waals surface area contributed by atoms with Crippen LogP contribution in [0.15, 0.2) is 21.3 Å². The predicted octanol–water partition coefficient (Wildman–Crippen LogP) is 3.09. The highest BCUT2D eigenvalue weighted by atomic mass is 79.9. The molecule has 2 N–H and O–H groups in total. The first-order chi connectivity index (χ1) is 6.29. The molecule has 2 aromatic heterocycles. The average Bonchev–Trinajstić information content (AvgIpc) is 2.71. The van der Waals surface area contributed by atoms with Gasteiger partial charge in [0, 0.05) is 11.9 Å². The van der Waals surface area contributed by atoms with E-state index in [0.717, 1.165) is 14.5 Å². The summed E-state index contributed by atoms with van der Waals surface area (Å²) in [4.78, 5) is 5.59. The van der Waals surface area contributed by atoms with Crippen molar-refractivity contribution in [1.29, 1.82) is 0 Å². The van der Waals surface area contributed by atoms with Crippen LogP contribution in [0.25, 0.3) is 9.88 Å². The Morgan fingerprint density at radius 3 is 2.85 bits per heavy atom. The molecule has 5 heteroatoms. The molecular formula is C8H7BrN2S2. The summed E-state index contributed by atoms with van der Waals surface area (Å²) in [6.07, 6.45) is 0. The summed E-state index contributed by atoms with van der Waals surface area (Å²) in [7, 11) is 0. The molecule has 0 aliphatic heterocycles. The SMILES string of the molecule is NCc1csc(-c2ccc(Br)s2)n1. The minimum absolute atomic E-state index is 0.517. The van der Waals surface area contributed by atoms with Crippen molar-refractivity contribution in [3.8, 4) is 9.88 Å². The zero-order chi connectivity index (χ0) is 9.26. The third-order valence-corrected chi connectivity index (χ3v) is 4.23. The van der Waals surface area contributed by atoms with E-state index in [1.807, 2.05) is 11.4 Å². The Kier molecular flexibility index (Phi) is 2.78. The van der Waals surface area contributed by atoms with E-state index in [1.165, 1.54) is 4.88 Å². The number of thiophene rings is 1. The molecule has 0 fully saturated rings. The maximum Gasteiger partial charge on any atom is 0.133 e. The number of thiazole rings is 1. The Hall–Kier alpha value is -0.230. The molecule has 13 heavy (non-hydrogen) atoms. The highest BCUT2D eigenvalue weighted by Crippen LogP contribution is 2.32. The van der Waals surface area contributed by atoms with Crippen LogP contribution in [0.1, 0.15) is 5.69 Å². The molecule has 0 spiro atoms. The normalized spacial score (nSPS) is 10.6. The van der Waals surface area contributed by atoms with E-state index in [4.69, 9.17) is 5.73 Å². The van der Waals surface area contributed by atoms with E-state index < -0.39 is 0 Å². The molecule has 0 unspecified atom stereocenters. The number of rotatable bonds is 2. The third-order valence-electron chi connectivity index (χ3n) is 1.54. The first-order valence-electron chi connectivity index (χ1n) is 3.70. The summed E-state index contributed by atoms with van der Waals surface area (Å²) in [6.45, 7) is 0.517. The monoisotopic (exact) mass is 274 g/mol. The van der Waals surface area contributed by atoms with Crippen LogP contribution in [-0.2, 0) is 6.54 Å². The largest absolute Gasteiger partial charge is 0.325 e. The summed E-state index contributed by atoms with van der Waals surface area (Å²) in [5.41, 5.74) is 6.45. The number of aromatic nitrogens is 1. The van der Waals surface area contributed by atoms with Crippen molar-refractivity contribution < 1.29 is 0 Å². The van der Waals surface area contributed by atoms with E-state index in [-0.39, 0.29) is 0 Å². The van der Waals surface area contributed by atoms with Gasteiger partial charge in [-0.3, -0.25) is 0 Å². The van der Waals surface area contributed by atoms with Crippen molar-refractivity contribution in [3.63, 3.8) is 0 Å². The highest BCUT2D eigenvalue weighted by molar-refractivity contribution is 9.11. The van der Waals surface area contributed by atoms with Gasteiger partial charge in [0.25, 0.3) is 0 Å². The lowest BCUT2D eigenvalue weighted by molar-refractivity contribution is 1.01. The van der Waals surface area contributed by atoms with Gasteiger partial charge in [0.2, 0.25) is 0 Å². The second-order valence-electron chi connectivity index (χ2n) is 2.45. The van der Waals surface area contributed by atoms with Crippen LogP contribution in [0.4, 0.5) is 0 Å². The zero-order valence-electron chi connectivity index (χ0n) is 6.66. The molecule has 0 bridgehead atoms. The van der Waals surface area contributed by atoms with Crippen LogP contribution in [0.5, 0.6) is 0 Å². The number of nitrogens with two attached hydrogens (primary N) is 1. The maximum atomic E-state index is 5.48. The predicted molar refractivity (Wildman–Crippen MR) is 61.0 cm³/mol. The second kappa shape index (κ2) is 3.88. The summed E-state index contributed by atoms with van der Waals surface area (Å²) < 4.78 is 1.13. The van der Waals surface area contributed by atoms with E-state index in [9.17, 15) is 0 Å². The molecule has 0 aliphatic rings. The summed E-state index contributed by atoms with van der Waals surface area (Å²) >= 11 is 6.75. The van der Waals surface area contributed by atoms with Crippen LogP contribution in [0.3, 0.4) is 0 Å².